The van der Waals surface area contributed by atoms with Crippen molar-refractivity contribution in [1.82, 2.24) is 0 Å². The lowest BCUT2D eigenvalue weighted by atomic mass is 9.88. The van der Waals surface area contributed by atoms with Crippen molar-refractivity contribution in [1.29, 1.82) is 0 Å². The Hall–Kier alpha value is -1.68. The van der Waals surface area contributed by atoms with Crippen molar-refractivity contribution < 1.29 is 14.7 Å². The van der Waals surface area contributed by atoms with Crippen molar-refractivity contribution in [3.8, 4) is 0 Å². The highest BCUT2D eigenvalue weighted by atomic mass is 32.1. The molecule has 4 heteroatoms. The molecule has 2 atom stereocenters. The number of carboxylic acids is 1. The maximum Gasteiger partial charge on any atom is 0.307 e. The van der Waals surface area contributed by atoms with Crippen LogP contribution in [-0.2, 0) is 4.79 Å². The second-order valence-corrected chi connectivity index (χ2v) is 5.90. The minimum Gasteiger partial charge on any atom is -0.481 e. The number of hydrogen-bond donors (Lipinski definition) is 1. The quantitative estimate of drug-likeness (QED) is 0.870. The van der Waals surface area contributed by atoms with E-state index in [4.69, 9.17) is 0 Å². The van der Waals surface area contributed by atoms with Crippen LogP contribution >= 0.6 is 11.3 Å². The Morgan fingerprint density at radius 1 is 1.16 bits per heavy atom. The van der Waals surface area contributed by atoms with E-state index < -0.39 is 11.9 Å². The summed E-state index contributed by atoms with van der Waals surface area (Å²) in [7, 11) is 0. The zero-order valence-electron chi connectivity index (χ0n) is 10.3. The van der Waals surface area contributed by atoms with Crippen molar-refractivity contribution in [3.63, 3.8) is 0 Å². The summed E-state index contributed by atoms with van der Waals surface area (Å²) in [4.78, 5) is 23.8. The lowest BCUT2D eigenvalue weighted by Crippen LogP contribution is -2.25. The van der Waals surface area contributed by atoms with Crippen LogP contribution in [0.2, 0.25) is 0 Å². The van der Waals surface area contributed by atoms with Crippen molar-refractivity contribution in [3.05, 3.63) is 35.2 Å². The van der Waals surface area contributed by atoms with E-state index in [1.807, 2.05) is 29.6 Å². The maximum absolute atomic E-state index is 12.6. The predicted octanol–water partition coefficient (Wildman–Crippen LogP) is 3.58. The molecule has 0 amide bonds. The molecular formula is C15H14O3S. The Morgan fingerprint density at radius 2 is 1.89 bits per heavy atom. The first-order chi connectivity index (χ1) is 9.18. The lowest BCUT2D eigenvalue weighted by Gasteiger charge is -2.13. The summed E-state index contributed by atoms with van der Waals surface area (Å²) in [6.07, 6.45) is 2.14. The molecule has 0 aliphatic heterocycles. The molecule has 0 radical (unpaired) electrons. The van der Waals surface area contributed by atoms with Crippen LogP contribution < -0.4 is 0 Å². The number of hydrogen-bond acceptors (Lipinski definition) is 3. The first-order valence-corrected chi connectivity index (χ1v) is 7.29. The molecular weight excluding hydrogens is 260 g/mol. The molecule has 1 aliphatic rings. The standard InChI is InChI=1S/C15H14O3S/c16-14(10-5-3-6-11(10)15(17)18)12-8-19-13-7-2-1-4-9(12)13/h1-2,4,7-8,10-11H,3,5-6H2,(H,17,18). The van der Waals surface area contributed by atoms with Gasteiger partial charge in [0.2, 0.25) is 0 Å². The van der Waals surface area contributed by atoms with Crippen LogP contribution in [-0.4, -0.2) is 16.9 Å². The fourth-order valence-electron chi connectivity index (χ4n) is 2.94. The van der Waals surface area contributed by atoms with E-state index in [0.717, 1.165) is 16.5 Å². The van der Waals surface area contributed by atoms with Gasteiger partial charge in [0.15, 0.2) is 5.78 Å². The molecule has 1 aromatic heterocycles. The molecule has 2 aromatic rings. The highest BCUT2D eigenvalue weighted by Crippen LogP contribution is 2.37. The normalized spacial score (nSPS) is 22.7. The van der Waals surface area contributed by atoms with Gasteiger partial charge in [0.25, 0.3) is 0 Å². The van der Waals surface area contributed by atoms with Gasteiger partial charge in [-0.05, 0) is 18.9 Å². The summed E-state index contributed by atoms with van der Waals surface area (Å²) in [5.41, 5.74) is 0.693. The molecule has 98 valence electrons. The molecule has 1 saturated carbocycles. The summed E-state index contributed by atoms with van der Waals surface area (Å²) in [6.45, 7) is 0. The average Bonchev–Trinajstić information content (AvgIpc) is 3.05. The third kappa shape index (κ3) is 2.06. The summed E-state index contributed by atoms with van der Waals surface area (Å²) >= 11 is 1.54. The Labute approximate surface area is 114 Å². The SMILES string of the molecule is O=C(O)C1CCCC1C(=O)c1csc2ccccc12. The van der Waals surface area contributed by atoms with Gasteiger partial charge in [0.1, 0.15) is 0 Å². The zero-order valence-corrected chi connectivity index (χ0v) is 11.2. The van der Waals surface area contributed by atoms with Crippen LogP contribution in [0.15, 0.2) is 29.6 Å². The van der Waals surface area contributed by atoms with Crippen LogP contribution in [0.5, 0.6) is 0 Å². The lowest BCUT2D eigenvalue weighted by molar-refractivity contribution is -0.142. The van der Waals surface area contributed by atoms with Crippen LogP contribution in [0.1, 0.15) is 29.6 Å². The summed E-state index contributed by atoms with van der Waals surface area (Å²) in [6, 6.07) is 7.78. The average molecular weight is 274 g/mol. The number of benzene rings is 1. The topological polar surface area (TPSA) is 54.4 Å². The van der Waals surface area contributed by atoms with Crippen molar-refractivity contribution in [2.45, 2.75) is 19.3 Å². The molecule has 1 aliphatic carbocycles. The van der Waals surface area contributed by atoms with E-state index in [1.54, 1.807) is 11.3 Å². The number of fused-ring (bicyclic) bond motifs is 1. The van der Waals surface area contributed by atoms with Crippen LogP contribution in [0.25, 0.3) is 10.1 Å². The number of carbonyl (C=O) groups is 2. The molecule has 0 saturated heterocycles. The molecule has 0 spiro atoms. The van der Waals surface area contributed by atoms with Gasteiger partial charge in [-0.25, -0.2) is 0 Å². The molecule has 0 bridgehead atoms. The zero-order chi connectivity index (χ0) is 13.4. The van der Waals surface area contributed by atoms with Gasteiger partial charge in [-0.1, -0.05) is 24.6 Å². The third-order valence-electron chi connectivity index (χ3n) is 3.92. The number of Topliss-reactive ketones (excluding diaryl/α,β-unsaturated/α-hetero) is 1. The maximum atomic E-state index is 12.6. The first kappa shape index (κ1) is 12.4. The van der Waals surface area contributed by atoms with Gasteiger partial charge in [-0.15, -0.1) is 11.3 Å². The molecule has 1 aromatic carbocycles. The number of aliphatic carboxylic acids is 1. The van der Waals surface area contributed by atoms with E-state index >= 15 is 0 Å². The van der Waals surface area contributed by atoms with Crippen LogP contribution in [0.4, 0.5) is 0 Å². The van der Waals surface area contributed by atoms with E-state index in [1.165, 1.54) is 0 Å². The highest BCUT2D eigenvalue weighted by molar-refractivity contribution is 7.17. The minimum atomic E-state index is -0.838. The van der Waals surface area contributed by atoms with Crippen LogP contribution in [0, 0.1) is 11.8 Å². The van der Waals surface area contributed by atoms with Gasteiger partial charge in [-0.3, -0.25) is 9.59 Å². The minimum absolute atomic E-state index is 0.00218. The van der Waals surface area contributed by atoms with E-state index in [9.17, 15) is 14.7 Å². The summed E-state index contributed by atoms with van der Waals surface area (Å²) in [5.74, 6) is -1.69. The number of rotatable bonds is 3. The summed E-state index contributed by atoms with van der Waals surface area (Å²) < 4.78 is 1.08. The largest absolute Gasteiger partial charge is 0.481 e. The third-order valence-corrected chi connectivity index (χ3v) is 4.88. The highest BCUT2D eigenvalue weighted by Gasteiger charge is 2.38. The van der Waals surface area contributed by atoms with E-state index in [2.05, 4.69) is 0 Å². The van der Waals surface area contributed by atoms with Gasteiger partial charge in [0.05, 0.1) is 5.92 Å². The second-order valence-electron chi connectivity index (χ2n) is 4.99. The van der Waals surface area contributed by atoms with Crippen molar-refractivity contribution in [2.75, 3.05) is 0 Å². The van der Waals surface area contributed by atoms with Gasteiger partial charge in [0, 0.05) is 26.9 Å². The number of carbonyl (C=O) groups excluding carboxylic acids is 1. The van der Waals surface area contributed by atoms with Crippen molar-refractivity contribution in [2.24, 2.45) is 11.8 Å². The summed E-state index contributed by atoms with van der Waals surface area (Å²) in [5, 5.41) is 12.0. The monoisotopic (exact) mass is 274 g/mol. The predicted molar refractivity (Wildman–Crippen MR) is 74.6 cm³/mol. The number of ketones is 1. The number of thiophene rings is 1. The van der Waals surface area contributed by atoms with Gasteiger partial charge in [-0.2, -0.15) is 0 Å². The molecule has 1 N–H and O–H groups in total. The first-order valence-electron chi connectivity index (χ1n) is 6.41. The molecule has 19 heavy (non-hydrogen) atoms. The molecule has 2 unspecified atom stereocenters. The Kier molecular flexibility index (Phi) is 3.11. The molecule has 1 fully saturated rings. The van der Waals surface area contributed by atoms with E-state index in [-0.39, 0.29) is 11.7 Å². The van der Waals surface area contributed by atoms with Crippen molar-refractivity contribution >= 4 is 33.2 Å². The molecule has 1 heterocycles. The van der Waals surface area contributed by atoms with E-state index in [0.29, 0.717) is 18.4 Å². The smallest absolute Gasteiger partial charge is 0.307 e. The fraction of sp³-hybridized carbons (Fsp3) is 0.333. The van der Waals surface area contributed by atoms with Crippen LogP contribution in [0.3, 0.4) is 0 Å². The Bertz CT molecular complexity index is 644. The second kappa shape index (κ2) is 4.78. The van der Waals surface area contributed by atoms with Gasteiger partial charge < -0.3 is 5.11 Å². The number of carboxylic acid groups (broad SMARTS) is 1. The van der Waals surface area contributed by atoms with Gasteiger partial charge >= 0.3 is 5.97 Å². The molecule has 3 rings (SSSR count). The Morgan fingerprint density at radius 3 is 2.68 bits per heavy atom. The Balaban J connectivity index is 1.98. The molecule has 3 nitrogen and oxygen atoms in total. The fourth-order valence-corrected chi connectivity index (χ4v) is 3.89.